The maximum Gasteiger partial charge on any atom is 0.335 e. The fraction of sp³-hybridized carbons (Fsp3) is 0.0500. The first-order valence-corrected chi connectivity index (χ1v) is 8.17. The molecule has 1 aliphatic heterocycles. The minimum absolute atomic E-state index is 0.0498. The molecule has 0 aliphatic carbocycles. The second-order valence-electron chi connectivity index (χ2n) is 6.15. The Hall–Kier alpha value is -3.74. The number of carbonyl (C=O) groups is 3. The molecule has 27 heavy (non-hydrogen) atoms. The molecule has 1 N–H and O–H groups in total. The van der Waals surface area contributed by atoms with Gasteiger partial charge in [0.2, 0.25) is 0 Å². The number of aromatic nitrogens is 1. The summed E-state index contributed by atoms with van der Waals surface area (Å²) < 4.78 is 15.4. The van der Waals surface area contributed by atoms with Crippen molar-refractivity contribution in [2.24, 2.45) is 7.05 Å². The van der Waals surface area contributed by atoms with Crippen molar-refractivity contribution in [1.82, 2.24) is 9.88 Å². The van der Waals surface area contributed by atoms with Crippen LogP contribution >= 0.6 is 0 Å². The van der Waals surface area contributed by atoms with Gasteiger partial charge in [0.15, 0.2) is 0 Å². The number of benzene rings is 2. The zero-order valence-electron chi connectivity index (χ0n) is 14.3. The molecule has 0 saturated carbocycles. The van der Waals surface area contributed by atoms with Crippen molar-refractivity contribution in [2.45, 2.75) is 0 Å². The summed E-state index contributed by atoms with van der Waals surface area (Å²) in [5, 5.41) is 3.00. The van der Waals surface area contributed by atoms with E-state index in [0.717, 1.165) is 21.9 Å². The number of carbonyl (C=O) groups excluding carboxylic acids is 3. The zero-order chi connectivity index (χ0) is 19.1. The lowest BCUT2D eigenvalue weighted by atomic mass is 10.1. The highest BCUT2D eigenvalue weighted by atomic mass is 19.1. The minimum Gasteiger partial charge on any atom is -0.350 e. The summed E-state index contributed by atoms with van der Waals surface area (Å²) in [5.41, 5.74) is 1.45. The van der Waals surface area contributed by atoms with E-state index in [-0.39, 0.29) is 11.3 Å². The standard InChI is InChI=1S/C20H14FN3O3/c1-23-11-12(15-7-2-3-8-17(15)23)9-16-18(25)22-20(27)24(19(16)26)14-6-4-5-13(21)10-14/h2-11H,1H3,(H,22,25,27)/b16-9+. The third-order valence-electron chi connectivity index (χ3n) is 4.40. The summed E-state index contributed by atoms with van der Waals surface area (Å²) >= 11 is 0. The summed E-state index contributed by atoms with van der Waals surface area (Å²) in [4.78, 5) is 38.0. The molecule has 1 aliphatic rings. The number of hydrogen-bond acceptors (Lipinski definition) is 3. The summed E-state index contributed by atoms with van der Waals surface area (Å²) in [6.45, 7) is 0. The van der Waals surface area contributed by atoms with Crippen LogP contribution in [0.1, 0.15) is 5.56 Å². The lowest BCUT2D eigenvalue weighted by Gasteiger charge is -2.26. The summed E-state index contributed by atoms with van der Waals surface area (Å²) in [6.07, 6.45) is 3.24. The number of nitrogens with one attached hydrogen (secondary N) is 1. The van der Waals surface area contributed by atoms with Gasteiger partial charge in [-0.1, -0.05) is 24.3 Å². The lowest BCUT2D eigenvalue weighted by molar-refractivity contribution is -0.122. The van der Waals surface area contributed by atoms with Gasteiger partial charge in [-0.15, -0.1) is 0 Å². The lowest BCUT2D eigenvalue weighted by Crippen LogP contribution is -2.54. The third kappa shape index (κ3) is 2.79. The number of fused-ring (bicyclic) bond motifs is 1. The van der Waals surface area contributed by atoms with Gasteiger partial charge in [-0.25, -0.2) is 14.1 Å². The monoisotopic (exact) mass is 363 g/mol. The Morgan fingerprint density at radius 2 is 1.81 bits per heavy atom. The number of anilines is 1. The van der Waals surface area contributed by atoms with Crippen LogP contribution in [-0.2, 0) is 16.6 Å². The van der Waals surface area contributed by atoms with Crippen LogP contribution in [0.25, 0.3) is 17.0 Å². The van der Waals surface area contributed by atoms with E-state index >= 15 is 0 Å². The SMILES string of the molecule is Cn1cc(/C=C2\C(=O)NC(=O)N(c3cccc(F)c3)C2=O)c2ccccc21. The largest absolute Gasteiger partial charge is 0.350 e. The van der Waals surface area contributed by atoms with Crippen LogP contribution in [0, 0.1) is 5.82 Å². The molecule has 4 amide bonds. The van der Waals surface area contributed by atoms with Gasteiger partial charge in [0, 0.05) is 29.7 Å². The summed E-state index contributed by atoms with van der Waals surface area (Å²) in [7, 11) is 1.86. The highest BCUT2D eigenvalue weighted by Crippen LogP contribution is 2.26. The zero-order valence-corrected chi connectivity index (χ0v) is 14.3. The van der Waals surface area contributed by atoms with E-state index in [1.165, 1.54) is 24.3 Å². The Kier molecular flexibility index (Phi) is 3.84. The van der Waals surface area contributed by atoms with Crippen molar-refractivity contribution in [3.63, 3.8) is 0 Å². The Bertz CT molecular complexity index is 1150. The molecule has 1 saturated heterocycles. The quantitative estimate of drug-likeness (QED) is 0.562. The first-order chi connectivity index (χ1) is 13.0. The van der Waals surface area contributed by atoms with Gasteiger partial charge in [-0.2, -0.15) is 0 Å². The predicted molar refractivity (Wildman–Crippen MR) is 98.3 cm³/mol. The van der Waals surface area contributed by atoms with Crippen LogP contribution in [0.4, 0.5) is 14.9 Å². The number of aryl methyl sites for hydroxylation is 1. The molecule has 0 bridgehead atoms. The number of barbiturate groups is 1. The number of imide groups is 2. The average molecular weight is 363 g/mol. The Morgan fingerprint density at radius 3 is 2.59 bits per heavy atom. The van der Waals surface area contributed by atoms with Crippen LogP contribution in [0.3, 0.4) is 0 Å². The molecule has 2 aromatic carbocycles. The van der Waals surface area contributed by atoms with Gasteiger partial charge in [0.1, 0.15) is 11.4 Å². The molecule has 4 rings (SSSR count). The summed E-state index contributed by atoms with van der Waals surface area (Å²) in [5.74, 6) is -2.18. The molecule has 0 unspecified atom stereocenters. The van der Waals surface area contributed by atoms with Crippen molar-refractivity contribution < 1.29 is 18.8 Å². The molecule has 134 valence electrons. The molecule has 0 spiro atoms. The van der Waals surface area contributed by atoms with E-state index < -0.39 is 23.7 Å². The van der Waals surface area contributed by atoms with Crippen molar-refractivity contribution >= 4 is 40.5 Å². The minimum atomic E-state index is -0.911. The maximum absolute atomic E-state index is 13.5. The van der Waals surface area contributed by atoms with Crippen LogP contribution < -0.4 is 10.2 Å². The van der Waals surface area contributed by atoms with Gasteiger partial charge in [0.05, 0.1) is 5.69 Å². The normalized spacial score (nSPS) is 16.3. The van der Waals surface area contributed by atoms with E-state index in [4.69, 9.17) is 0 Å². The van der Waals surface area contributed by atoms with Gasteiger partial charge in [-0.3, -0.25) is 14.9 Å². The van der Waals surface area contributed by atoms with Crippen molar-refractivity contribution in [3.8, 4) is 0 Å². The topological polar surface area (TPSA) is 71.4 Å². The molecular weight excluding hydrogens is 349 g/mol. The molecule has 6 nitrogen and oxygen atoms in total. The molecule has 2 heterocycles. The second-order valence-corrected chi connectivity index (χ2v) is 6.15. The van der Waals surface area contributed by atoms with Crippen molar-refractivity contribution in [2.75, 3.05) is 4.90 Å². The van der Waals surface area contributed by atoms with Crippen LogP contribution in [0.2, 0.25) is 0 Å². The Balaban J connectivity index is 1.82. The second kappa shape index (κ2) is 6.21. The van der Waals surface area contributed by atoms with E-state index in [9.17, 15) is 18.8 Å². The van der Waals surface area contributed by atoms with Gasteiger partial charge in [0.25, 0.3) is 11.8 Å². The number of nitrogens with zero attached hydrogens (tertiary/aromatic N) is 2. The van der Waals surface area contributed by atoms with Gasteiger partial charge >= 0.3 is 6.03 Å². The predicted octanol–water partition coefficient (Wildman–Crippen LogP) is 2.98. The number of hydrogen-bond donors (Lipinski definition) is 1. The molecular formula is C20H14FN3O3. The number of amides is 4. The molecule has 3 aromatic rings. The molecule has 0 atom stereocenters. The highest BCUT2D eigenvalue weighted by molar-refractivity contribution is 6.39. The van der Waals surface area contributed by atoms with Crippen LogP contribution in [0.5, 0.6) is 0 Å². The number of halogens is 1. The van der Waals surface area contributed by atoms with Gasteiger partial charge < -0.3 is 4.57 Å². The molecule has 0 radical (unpaired) electrons. The van der Waals surface area contributed by atoms with Crippen molar-refractivity contribution in [1.29, 1.82) is 0 Å². The number of urea groups is 1. The van der Waals surface area contributed by atoms with E-state index in [1.54, 1.807) is 6.20 Å². The average Bonchev–Trinajstić information content (AvgIpc) is 2.95. The molecule has 7 heteroatoms. The van der Waals surface area contributed by atoms with Crippen LogP contribution in [0.15, 0.2) is 60.3 Å². The van der Waals surface area contributed by atoms with E-state index in [1.807, 2.05) is 35.9 Å². The summed E-state index contributed by atoms with van der Waals surface area (Å²) in [6, 6.07) is 11.7. The smallest absolute Gasteiger partial charge is 0.335 e. The number of para-hydroxylation sites is 1. The molecule has 1 aromatic heterocycles. The van der Waals surface area contributed by atoms with Crippen LogP contribution in [-0.4, -0.2) is 22.4 Å². The highest BCUT2D eigenvalue weighted by Gasteiger charge is 2.37. The maximum atomic E-state index is 13.5. The third-order valence-corrected chi connectivity index (χ3v) is 4.40. The fourth-order valence-corrected chi connectivity index (χ4v) is 3.15. The molecule has 1 fully saturated rings. The fourth-order valence-electron chi connectivity index (χ4n) is 3.15. The first-order valence-electron chi connectivity index (χ1n) is 8.17. The number of rotatable bonds is 2. The first kappa shape index (κ1) is 16.7. The Morgan fingerprint density at radius 1 is 1.04 bits per heavy atom. The van der Waals surface area contributed by atoms with E-state index in [0.29, 0.717) is 5.56 Å². The van der Waals surface area contributed by atoms with Gasteiger partial charge in [-0.05, 0) is 30.3 Å². The van der Waals surface area contributed by atoms with Crippen molar-refractivity contribution in [3.05, 3.63) is 71.7 Å². The van der Waals surface area contributed by atoms with E-state index in [2.05, 4.69) is 5.32 Å². The Labute approximate surface area is 153 Å².